The summed E-state index contributed by atoms with van der Waals surface area (Å²) in [7, 11) is 0. The SMILES string of the molecule is c1ccc(-c2nnn(-c3cccc(-c4cccs4)c3)n2)nc1. The first-order chi connectivity index (χ1) is 10.9. The molecule has 4 rings (SSSR count). The Morgan fingerprint density at radius 2 is 1.95 bits per heavy atom. The van der Waals surface area contributed by atoms with Crippen molar-refractivity contribution < 1.29 is 0 Å². The molecule has 0 aliphatic heterocycles. The summed E-state index contributed by atoms with van der Waals surface area (Å²) in [5, 5.41) is 14.7. The molecule has 0 fully saturated rings. The van der Waals surface area contributed by atoms with Gasteiger partial charge in [0, 0.05) is 11.1 Å². The van der Waals surface area contributed by atoms with Gasteiger partial charge in [-0.25, -0.2) is 0 Å². The Kier molecular flexibility index (Phi) is 3.21. The highest BCUT2D eigenvalue weighted by Crippen LogP contribution is 2.26. The quantitative estimate of drug-likeness (QED) is 0.581. The van der Waals surface area contributed by atoms with E-state index >= 15 is 0 Å². The summed E-state index contributed by atoms with van der Waals surface area (Å²) in [5.41, 5.74) is 2.73. The molecule has 3 aromatic heterocycles. The third kappa shape index (κ3) is 2.40. The normalized spacial score (nSPS) is 10.7. The second kappa shape index (κ2) is 5.50. The molecule has 4 aromatic rings. The Labute approximate surface area is 130 Å². The predicted molar refractivity (Wildman–Crippen MR) is 85.7 cm³/mol. The molecule has 0 saturated carbocycles. The Bertz CT molecular complexity index is 884. The van der Waals surface area contributed by atoms with Gasteiger partial charge in [-0.3, -0.25) is 4.98 Å². The number of hydrogen-bond acceptors (Lipinski definition) is 5. The average molecular weight is 305 g/mol. The van der Waals surface area contributed by atoms with Crippen molar-refractivity contribution in [3.63, 3.8) is 0 Å². The molecule has 0 aliphatic rings. The smallest absolute Gasteiger partial charge is 0.223 e. The lowest BCUT2D eigenvalue weighted by Crippen LogP contribution is -1.99. The van der Waals surface area contributed by atoms with Crippen molar-refractivity contribution in [1.82, 2.24) is 25.2 Å². The molecule has 1 aromatic carbocycles. The molecule has 5 nitrogen and oxygen atoms in total. The highest BCUT2D eigenvalue weighted by atomic mass is 32.1. The molecule has 0 N–H and O–H groups in total. The third-order valence-corrected chi connectivity index (χ3v) is 4.11. The van der Waals surface area contributed by atoms with Crippen LogP contribution in [0, 0.1) is 0 Å². The zero-order valence-corrected chi connectivity index (χ0v) is 12.3. The number of tetrazole rings is 1. The van der Waals surface area contributed by atoms with Gasteiger partial charge in [-0.15, -0.1) is 26.3 Å². The third-order valence-electron chi connectivity index (χ3n) is 3.19. The maximum atomic E-state index is 4.41. The molecule has 3 heterocycles. The molecule has 6 heteroatoms. The van der Waals surface area contributed by atoms with Gasteiger partial charge in [0.05, 0.1) is 5.69 Å². The van der Waals surface area contributed by atoms with Crippen molar-refractivity contribution in [2.75, 3.05) is 0 Å². The van der Waals surface area contributed by atoms with Crippen molar-refractivity contribution in [3.05, 3.63) is 66.2 Å². The first-order valence-electron chi connectivity index (χ1n) is 6.76. The van der Waals surface area contributed by atoms with Crippen molar-refractivity contribution in [3.8, 4) is 27.6 Å². The lowest BCUT2D eigenvalue weighted by molar-refractivity contribution is 0.720. The van der Waals surface area contributed by atoms with Crippen LogP contribution in [0.3, 0.4) is 0 Å². The number of thiophene rings is 1. The highest BCUT2D eigenvalue weighted by molar-refractivity contribution is 7.13. The van der Waals surface area contributed by atoms with Crippen LogP contribution in [0.5, 0.6) is 0 Å². The van der Waals surface area contributed by atoms with Gasteiger partial charge in [0.1, 0.15) is 5.69 Å². The van der Waals surface area contributed by atoms with E-state index in [-0.39, 0.29) is 0 Å². The summed E-state index contributed by atoms with van der Waals surface area (Å²) < 4.78 is 0. The van der Waals surface area contributed by atoms with Crippen molar-refractivity contribution in [2.45, 2.75) is 0 Å². The molecule has 0 bridgehead atoms. The predicted octanol–water partition coefficient (Wildman–Crippen LogP) is 3.45. The van der Waals surface area contributed by atoms with E-state index in [0.717, 1.165) is 11.3 Å². The standard InChI is InChI=1S/C16H11N5S/c1-2-9-17-14(7-1)16-18-20-21(19-16)13-6-3-5-12(11-13)15-8-4-10-22-15/h1-11H. The van der Waals surface area contributed by atoms with Gasteiger partial charge in [0.15, 0.2) is 0 Å². The molecular formula is C16H11N5S. The largest absolute Gasteiger partial charge is 0.253 e. The monoisotopic (exact) mass is 305 g/mol. The number of pyridine rings is 1. The second-order valence-electron chi connectivity index (χ2n) is 4.65. The van der Waals surface area contributed by atoms with E-state index in [4.69, 9.17) is 0 Å². The zero-order chi connectivity index (χ0) is 14.8. The van der Waals surface area contributed by atoms with Crippen LogP contribution in [0.4, 0.5) is 0 Å². The van der Waals surface area contributed by atoms with Crippen LogP contribution in [-0.4, -0.2) is 25.2 Å². The lowest BCUT2D eigenvalue weighted by Gasteiger charge is -2.01. The minimum Gasteiger partial charge on any atom is -0.253 e. The van der Waals surface area contributed by atoms with E-state index in [9.17, 15) is 0 Å². The maximum Gasteiger partial charge on any atom is 0.223 e. The first kappa shape index (κ1) is 12.8. The highest BCUT2D eigenvalue weighted by Gasteiger charge is 2.09. The van der Waals surface area contributed by atoms with Crippen LogP contribution in [-0.2, 0) is 0 Å². The van der Waals surface area contributed by atoms with Crippen LogP contribution in [0.15, 0.2) is 66.2 Å². The van der Waals surface area contributed by atoms with Gasteiger partial charge in [0.25, 0.3) is 0 Å². The molecule has 0 saturated heterocycles. The van der Waals surface area contributed by atoms with Gasteiger partial charge in [0.2, 0.25) is 5.82 Å². The Morgan fingerprint density at radius 1 is 0.955 bits per heavy atom. The van der Waals surface area contributed by atoms with Crippen molar-refractivity contribution in [2.24, 2.45) is 0 Å². The van der Waals surface area contributed by atoms with E-state index < -0.39 is 0 Å². The van der Waals surface area contributed by atoms with Gasteiger partial charge in [-0.05, 0) is 46.5 Å². The Morgan fingerprint density at radius 3 is 2.77 bits per heavy atom. The van der Waals surface area contributed by atoms with Crippen LogP contribution in [0.25, 0.3) is 27.6 Å². The average Bonchev–Trinajstić information content (AvgIpc) is 3.28. The fraction of sp³-hybridized carbons (Fsp3) is 0. The molecule has 0 spiro atoms. The number of aromatic nitrogens is 5. The summed E-state index contributed by atoms with van der Waals surface area (Å²) in [6.45, 7) is 0. The van der Waals surface area contributed by atoms with Crippen LogP contribution in [0.1, 0.15) is 0 Å². The van der Waals surface area contributed by atoms with E-state index in [0.29, 0.717) is 11.5 Å². The zero-order valence-electron chi connectivity index (χ0n) is 11.5. The fourth-order valence-corrected chi connectivity index (χ4v) is 2.87. The number of nitrogens with zero attached hydrogens (tertiary/aromatic N) is 5. The van der Waals surface area contributed by atoms with Crippen molar-refractivity contribution in [1.29, 1.82) is 0 Å². The summed E-state index contributed by atoms with van der Waals surface area (Å²) in [6, 6.07) is 17.8. The number of rotatable bonds is 3. The molecule has 0 unspecified atom stereocenters. The minimum absolute atomic E-state index is 0.516. The Balaban J connectivity index is 1.71. The fourth-order valence-electron chi connectivity index (χ4n) is 2.15. The summed E-state index contributed by atoms with van der Waals surface area (Å²) >= 11 is 1.71. The second-order valence-corrected chi connectivity index (χ2v) is 5.59. The van der Waals surface area contributed by atoms with Crippen molar-refractivity contribution >= 4 is 11.3 Å². The number of benzene rings is 1. The van der Waals surface area contributed by atoms with E-state index in [1.807, 2.05) is 36.4 Å². The van der Waals surface area contributed by atoms with E-state index in [1.54, 1.807) is 17.5 Å². The van der Waals surface area contributed by atoms with E-state index in [2.05, 4.69) is 44.0 Å². The molecule has 22 heavy (non-hydrogen) atoms. The van der Waals surface area contributed by atoms with Gasteiger partial charge in [-0.2, -0.15) is 0 Å². The molecule has 0 amide bonds. The van der Waals surface area contributed by atoms with Gasteiger partial charge >= 0.3 is 0 Å². The molecule has 0 atom stereocenters. The van der Waals surface area contributed by atoms with Crippen LogP contribution < -0.4 is 0 Å². The minimum atomic E-state index is 0.516. The molecule has 106 valence electrons. The molecule has 0 aliphatic carbocycles. The summed E-state index contributed by atoms with van der Waals surface area (Å²) in [5.74, 6) is 0.516. The van der Waals surface area contributed by atoms with Gasteiger partial charge < -0.3 is 0 Å². The molecular weight excluding hydrogens is 294 g/mol. The van der Waals surface area contributed by atoms with Crippen LogP contribution in [0.2, 0.25) is 0 Å². The van der Waals surface area contributed by atoms with E-state index in [1.165, 1.54) is 9.67 Å². The van der Waals surface area contributed by atoms with Crippen LogP contribution >= 0.6 is 11.3 Å². The summed E-state index contributed by atoms with van der Waals surface area (Å²) in [6.07, 6.45) is 1.72. The summed E-state index contributed by atoms with van der Waals surface area (Å²) in [4.78, 5) is 6.98. The topological polar surface area (TPSA) is 56.5 Å². The lowest BCUT2D eigenvalue weighted by atomic mass is 10.2. The number of hydrogen-bond donors (Lipinski definition) is 0. The Hall–Kier alpha value is -2.86. The first-order valence-corrected chi connectivity index (χ1v) is 7.64. The molecule has 0 radical (unpaired) electrons. The van der Waals surface area contributed by atoms with Gasteiger partial charge in [-0.1, -0.05) is 24.3 Å². The maximum absolute atomic E-state index is 4.41.